The van der Waals surface area contributed by atoms with Crippen LogP contribution in [0.25, 0.3) is 5.57 Å². The Morgan fingerprint density at radius 2 is 1.75 bits per heavy atom. The average Bonchev–Trinajstić information content (AvgIpc) is 2.88. The van der Waals surface area contributed by atoms with Crippen molar-refractivity contribution in [1.29, 1.82) is 0 Å². The first kappa shape index (κ1) is 15.1. The highest BCUT2D eigenvalue weighted by atomic mass is 35.5. The Balaban J connectivity index is 1.93. The third kappa shape index (κ3) is 2.43. The van der Waals surface area contributed by atoms with Crippen molar-refractivity contribution in [3.63, 3.8) is 0 Å². The van der Waals surface area contributed by atoms with Crippen molar-refractivity contribution in [2.24, 2.45) is 9.98 Å². The molecular weight excluding hydrogens is 322 g/mol. The quantitative estimate of drug-likeness (QED) is 0.836. The maximum atomic E-state index is 6.03. The Kier molecular flexibility index (Phi) is 3.69. The fourth-order valence-corrected chi connectivity index (χ4v) is 3.29. The van der Waals surface area contributed by atoms with E-state index >= 15 is 0 Å². The van der Waals surface area contributed by atoms with Crippen LogP contribution >= 0.6 is 11.6 Å². The van der Waals surface area contributed by atoms with Crippen molar-refractivity contribution in [2.75, 3.05) is 20.2 Å². The van der Waals surface area contributed by atoms with Gasteiger partial charge in [-0.3, -0.25) is 9.98 Å². The molecule has 4 nitrogen and oxygen atoms in total. The molecule has 3 heterocycles. The molecule has 0 unspecified atom stereocenters. The normalized spacial score (nSPS) is 16.1. The lowest BCUT2D eigenvalue weighted by molar-refractivity contribution is 0.397. The number of allylic oxidation sites excluding steroid dienone is 1. The highest BCUT2D eigenvalue weighted by molar-refractivity contribution is 6.31. The molecule has 0 saturated carbocycles. The third-order valence-corrected chi connectivity index (χ3v) is 4.59. The summed E-state index contributed by atoms with van der Waals surface area (Å²) in [4.78, 5) is 14.1. The average molecular weight is 338 g/mol. The molecule has 0 radical (unpaired) electrons. The SMILES string of the molecule is COc1ccc2c(n1)C(c1ccc(Cl)cc1)=NCC1=C2C(C)=NC1. The Morgan fingerprint density at radius 3 is 2.50 bits per heavy atom. The summed E-state index contributed by atoms with van der Waals surface area (Å²) >= 11 is 6.03. The zero-order valence-electron chi connectivity index (χ0n) is 13.5. The molecule has 4 rings (SSSR count). The molecule has 0 amide bonds. The van der Waals surface area contributed by atoms with Gasteiger partial charge in [-0.05, 0) is 30.7 Å². The van der Waals surface area contributed by atoms with Gasteiger partial charge in [-0.2, -0.15) is 0 Å². The highest BCUT2D eigenvalue weighted by Crippen LogP contribution is 2.33. The van der Waals surface area contributed by atoms with Crippen molar-refractivity contribution >= 4 is 28.6 Å². The number of rotatable bonds is 2. The van der Waals surface area contributed by atoms with Crippen LogP contribution < -0.4 is 4.74 Å². The molecule has 5 heteroatoms. The summed E-state index contributed by atoms with van der Waals surface area (Å²) in [5, 5.41) is 0.704. The second-order valence-corrected chi connectivity index (χ2v) is 6.24. The minimum atomic E-state index is 0.576. The molecule has 2 aromatic rings. The van der Waals surface area contributed by atoms with E-state index in [1.807, 2.05) is 37.3 Å². The van der Waals surface area contributed by atoms with Crippen LogP contribution in [0.3, 0.4) is 0 Å². The van der Waals surface area contributed by atoms with Crippen LogP contribution in [0.2, 0.25) is 5.02 Å². The maximum Gasteiger partial charge on any atom is 0.213 e. The summed E-state index contributed by atoms with van der Waals surface area (Å²) in [7, 11) is 1.62. The van der Waals surface area contributed by atoms with Crippen LogP contribution in [-0.4, -0.2) is 36.6 Å². The summed E-state index contributed by atoms with van der Waals surface area (Å²) in [5.41, 5.74) is 7.22. The minimum Gasteiger partial charge on any atom is -0.481 e. The molecule has 0 N–H and O–H groups in total. The predicted molar refractivity (Wildman–Crippen MR) is 97.6 cm³/mol. The molecule has 0 saturated heterocycles. The number of pyridine rings is 1. The van der Waals surface area contributed by atoms with E-state index in [1.165, 1.54) is 11.1 Å². The Labute approximate surface area is 145 Å². The Hall–Kier alpha value is -2.46. The van der Waals surface area contributed by atoms with Crippen LogP contribution in [-0.2, 0) is 0 Å². The molecule has 1 aromatic heterocycles. The van der Waals surface area contributed by atoms with Gasteiger partial charge in [0.15, 0.2) is 0 Å². The summed E-state index contributed by atoms with van der Waals surface area (Å²) in [6.45, 7) is 3.39. The molecule has 1 aromatic carbocycles. The first-order valence-electron chi connectivity index (χ1n) is 7.77. The third-order valence-electron chi connectivity index (χ3n) is 4.34. The molecule has 0 aliphatic carbocycles. The number of hydrogen-bond acceptors (Lipinski definition) is 4. The first-order chi connectivity index (χ1) is 11.7. The zero-order valence-corrected chi connectivity index (χ0v) is 14.3. The van der Waals surface area contributed by atoms with Gasteiger partial charge in [-0.15, -0.1) is 0 Å². The molecule has 0 atom stereocenters. The van der Waals surface area contributed by atoms with E-state index < -0.39 is 0 Å². The van der Waals surface area contributed by atoms with E-state index in [9.17, 15) is 0 Å². The highest BCUT2D eigenvalue weighted by Gasteiger charge is 2.26. The second-order valence-electron chi connectivity index (χ2n) is 5.80. The number of nitrogens with zero attached hydrogens (tertiary/aromatic N) is 3. The topological polar surface area (TPSA) is 46.8 Å². The lowest BCUT2D eigenvalue weighted by Gasteiger charge is -2.13. The number of benzene rings is 1. The molecule has 0 fully saturated rings. The number of fused-ring (bicyclic) bond motifs is 2. The standard InChI is InChI=1S/C19H16ClN3O/c1-11-17-13(9-21-11)10-22-18(12-3-5-14(20)6-4-12)19-15(17)7-8-16(23-19)24-2/h3-8H,9-10H2,1-2H3. The van der Waals surface area contributed by atoms with E-state index in [-0.39, 0.29) is 0 Å². The van der Waals surface area contributed by atoms with Crippen LogP contribution in [0.15, 0.2) is 52.0 Å². The van der Waals surface area contributed by atoms with E-state index in [1.54, 1.807) is 7.11 Å². The van der Waals surface area contributed by atoms with Gasteiger partial charge in [0.2, 0.25) is 5.88 Å². The van der Waals surface area contributed by atoms with Gasteiger partial charge in [0.1, 0.15) is 5.69 Å². The van der Waals surface area contributed by atoms with Crippen molar-refractivity contribution in [2.45, 2.75) is 6.92 Å². The lowest BCUT2D eigenvalue weighted by atomic mass is 9.94. The van der Waals surface area contributed by atoms with Crippen molar-refractivity contribution in [1.82, 2.24) is 4.98 Å². The largest absolute Gasteiger partial charge is 0.481 e. The minimum absolute atomic E-state index is 0.576. The van der Waals surface area contributed by atoms with Gasteiger partial charge in [0.05, 0.1) is 25.9 Å². The zero-order chi connectivity index (χ0) is 16.7. The van der Waals surface area contributed by atoms with E-state index in [0.29, 0.717) is 24.0 Å². The van der Waals surface area contributed by atoms with Crippen molar-refractivity contribution < 1.29 is 4.74 Å². The van der Waals surface area contributed by atoms with E-state index in [4.69, 9.17) is 26.3 Å². The van der Waals surface area contributed by atoms with Gasteiger partial charge in [-0.1, -0.05) is 23.7 Å². The fraction of sp³-hybridized carbons (Fsp3) is 0.211. The first-order valence-corrected chi connectivity index (χ1v) is 8.15. The van der Waals surface area contributed by atoms with Crippen LogP contribution in [0.1, 0.15) is 23.7 Å². The number of methoxy groups -OCH3 is 1. The number of aromatic nitrogens is 1. The monoisotopic (exact) mass is 337 g/mol. The van der Waals surface area contributed by atoms with Crippen molar-refractivity contribution in [3.05, 3.63) is 63.8 Å². The summed E-state index contributed by atoms with van der Waals surface area (Å²) in [6, 6.07) is 11.6. The predicted octanol–water partition coefficient (Wildman–Crippen LogP) is 3.82. The molecule has 120 valence electrons. The Morgan fingerprint density at radius 1 is 1.00 bits per heavy atom. The van der Waals surface area contributed by atoms with E-state index in [0.717, 1.165) is 28.2 Å². The lowest BCUT2D eigenvalue weighted by Crippen LogP contribution is -2.11. The molecule has 0 bridgehead atoms. The molecule has 2 aliphatic rings. The number of halogens is 1. The van der Waals surface area contributed by atoms with Crippen molar-refractivity contribution in [3.8, 4) is 5.88 Å². The fourth-order valence-electron chi connectivity index (χ4n) is 3.16. The summed E-state index contributed by atoms with van der Waals surface area (Å²) in [5.74, 6) is 0.576. The molecule has 2 aliphatic heterocycles. The number of aliphatic imine (C=N–C) groups is 2. The van der Waals surface area contributed by atoms with Gasteiger partial charge in [0.25, 0.3) is 0 Å². The Bertz CT molecular complexity index is 911. The smallest absolute Gasteiger partial charge is 0.213 e. The van der Waals surface area contributed by atoms with Gasteiger partial charge in [-0.25, -0.2) is 4.98 Å². The van der Waals surface area contributed by atoms with Crippen LogP contribution in [0.4, 0.5) is 0 Å². The number of hydrogen-bond donors (Lipinski definition) is 0. The van der Waals surface area contributed by atoms with Crippen LogP contribution in [0.5, 0.6) is 5.88 Å². The van der Waals surface area contributed by atoms with Crippen LogP contribution in [0, 0.1) is 0 Å². The molecule has 24 heavy (non-hydrogen) atoms. The van der Waals surface area contributed by atoms with Gasteiger partial charge >= 0.3 is 0 Å². The summed E-state index contributed by atoms with van der Waals surface area (Å²) < 4.78 is 5.33. The maximum absolute atomic E-state index is 6.03. The molecule has 0 spiro atoms. The number of ether oxygens (including phenoxy) is 1. The molecular formula is C19H16ClN3O. The summed E-state index contributed by atoms with van der Waals surface area (Å²) in [6.07, 6.45) is 0. The second kappa shape index (κ2) is 5.87. The van der Waals surface area contributed by atoms with Gasteiger partial charge in [0, 0.05) is 33.5 Å². The van der Waals surface area contributed by atoms with Gasteiger partial charge < -0.3 is 4.74 Å². The van der Waals surface area contributed by atoms with E-state index in [2.05, 4.69) is 11.1 Å².